The third-order valence-corrected chi connectivity index (χ3v) is 5.91. The highest BCUT2D eigenvalue weighted by atomic mass is 79.9. The van der Waals surface area contributed by atoms with Crippen LogP contribution in [0.25, 0.3) is 0 Å². The molecule has 5 nitrogen and oxygen atoms in total. The van der Waals surface area contributed by atoms with Crippen molar-refractivity contribution in [3.8, 4) is 0 Å². The molecule has 0 unspecified atom stereocenters. The van der Waals surface area contributed by atoms with Crippen LogP contribution in [0.4, 0.5) is 19.0 Å². The predicted molar refractivity (Wildman–Crippen MR) is 102 cm³/mol. The fraction of sp³-hybridized carbons (Fsp3) is 0.474. The summed E-state index contributed by atoms with van der Waals surface area (Å²) in [4.78, 5) is 14.6. The fourth-order valence-corrected chi connectivity index (χ4v) is 4.16. The van der Waals surface area contributed by atoms with E-state index in [0.29, 0.717) is 13.1 Å². The first-order chi connectivity index (χ1) is 13.3. The van der Waals surface area contributed by atoms with Crippen LogP contribution in [0, 0.1) is 0 Å². The molecule has 150 valence electrons. The number of rotatable bonds is 2. The summed E-state index contributed by atoms with van der Waals surface area (Å²) >= 11 is 3.34. The highest BCUT2D eigenvalue weighted by molar-refractivity contribution is 9.10. The van der Waals surface area contributed by atoms with Gasteiger partial charge in [0.25, 0.3) is 5.91 Å². The Labute approximate surface area is 169 Å². The number of carbonyl (C=O) groups excluding carboxylic acids is 1. The number of halogens is 4. The van der Waals surface area contributed by atoms with Crippen molar-refractivity contribution in [3.63, 3.8) is 0 Å². The van der Waals surface area contributed by atoms with Crippen LogP contribution in [0.15, 0.2) is 34.9 Å². The smallest absolute Gasteiger partial charge is 0.363 e. The largest absolute Gasteiger partial charge is 0.410 e. The molecule has 2 aromatic rings. The van der Waals surface area contributed by atoms with E-state index >= 15 is 0 Å². The van der Waals surface area contributed by atoms with Gasteiger partial charge in [-0.2, -0.15) is 18.3 Å². The number of benzene rings is 1. The quantitative estimate of drug-likeness (QED) is 0.696. The number of nitrogens with zero attached hydrogens (tertiary/aromatic N) is 3. The maximum atomic E-state index is 13.7. The summed E-state index contributed by atoms with van der Waals surface area (Å²) in [6, 6.07) is 4.83. The third kappa shape index (κ3) is 3.64. The molecule has 1 amide bonds. The lowest BCUT2D eigenvalue weighted by Crippen LogP contribution is -2.38. The van der Waals surface area contributed by atoms with Gasteiger partial charge in [-0.1, -0.05) is 28.1 Å². The molecule has 0 spiro atoms. The van der Waals surface area contributed by atoms with Gasteiger partial charge < -0.3 is 10.2 Å². The summed E-state index contributed by atoms with van der Waals surface area (Å²) in [5.41, 5.74) is 0.944. The first kappa shape index (κ1) is 19.3. The Balaban J connectivity index is 1.70. The number of amides is 1. The van der Waals surface area contributed by atoms with Gasteiger partial charge in [-0.25, -0.2) is 4.68 Å². The van der Waals surface area contributed by atoms with Gasteiger partial charge in [0.2, 0.25) is 0 Å². The molecule has 3 heterocycles. The molecule has 1 fully saturated rings. The van der Waals surface area contributed by atoms with E-state index in [-0.39, 0.29) is 23.7 Å². The summed E-state index contributed by atoms with van der Waals surface area (Å²) in [6.45, 7) is 1.25. The van der Waals surface area contributed by atoms with Crippen LogP contribution in [0.2, 0.25) is 0 Å². The average Bonchev–Trinajstić information content (AvgIpc) is 3.11. The number of aromatic nitrogens is 2. The minimum atomic E-state index is -4.46. The number of piperidine rings is 1. The molecule has 0 aliphatic carbocycles. The minimum absolute atomic E-state index is 0.150. The summed E-state index contributed by atoms with van der Waals surface area (Å²) in [5.74, 6) is -0.108. The van der Waals surface area contributed by atoms with Crippen LogP contribution in [0.3, 0.4) is 0 Å². The Hall–Kier alpha value is -2.03. The lowest BCUT2D eigenvalue weighted by atomic mass is 9.96. The van der Waals surface area contributed by atoms with Crippen molar-refractivity contribution in [1.82, 2.24) is 14.7 Å². The number of alkyl halides is 3. The van der Waals surface area contributed by atoms with Gasteiger partial charge >= 0.3 is 6.18 Å². The third-order valence-electron chi connectivity index (χ3n) is 5.38. The molecule has 2 atom stereocenters. The van der Waals surface area contributed by atoms with Crippen LogP contribution < -0.4 is 5.32 Å². The summed E-state index contributed by atoms with van der Waals surface area (Å²) < 4.78 is 43.0. The normalized spacial score (nSPS) is 22.5. The molecule has 1 saturated heterocycles. The second-order valence-electron chi connectivity index (χ2n) is 7.25. The Morgan fingerprint density at radius 1 is 1.14 bits per heavy atom. The fourth-order valence-electron chi connectivity index (χ4n) is 3.90. The Kier molecular flexibility index (Phi) is 5.11. The summed E-state index contributed by atoms with van der Waals surface area (Å²) in [6.07, 6.45) is -0.484. The van der Waals surface area contributed by atoms with Crippen LogP contribution in [-0.4, -0.2) is 39.9 Å². The van der Waals surface area contributed by atoms with Gasteiger partial charge in [-0.15, -0.1) is 0 Å². The second-order valence-corrected chi connectivity index (χ2v) is 8.16. The molecule has 1 aromatic heterocycles. The number of fused-ring (bicyclic) bond motifs is 1. The van der Waals surface area contributed by atoms with E-state index in [1.165, 1.54) is 6.20 Å². The highest BCUT2D eigenvalue weighted by Crippen LogP contribution is 2.44. The molecule has 28 heavy (non-hydrogen) atoms. The molecule has 0 bridgehead atoms. The molecule has 1 N–H and O–H groups in total. The van der Waals surface area contributed by atoms with Gasteiger partial charge in [0.1, 0.15) is 11.4 Å². The van der Waals surface area contributed by atoms with E-state index in [9.17, 15) is 18.0 Å². The molecule has 4 rings (SSSR count). The van der Waals surface area contributed by atoms with E-state index in [0.717, 1.165) is 34.0 Å². The van der Waals surface area contributed by atoms with Crippen molar-refractivity contribution >= 4 is 27.7 Å². The topological polar surface area (TPSA) is 50.2 Å². The van der Waals surface area contributed by atoms with Crippen molar-refractivity contribution < 1.29 is 18.0 Å². The number of anilines is 1. The monoisotopic (exact) mass is 456 g/mol. The number of hydrogen-bond donors (Lipinski definition) is 1. The Bertz CT molecular complexity index is 859. The zero-order chi connectivity index (χ0) is 19.9. The lowest BCUT2D eigenvalue weighted by molar-refractivity contribution is -0.173. The Morgan fingerprint density at radius 3 is 2.46 bits per heavy atom. The van der Waals surface area contributed by atoms with Gasteiger partial charge in [0, 0.05) is 24.0 Å². The molecule has 0 radical (unpaired) electrons. The lowest BCUT2D eigenvalue weighted by Gasteiger charge is -2.34. The van der Waals surface area contributed by atoms with Crippen LogP contribution in [-0.2, 0) is 0 Å². The van der Waals surface area contributed by atoms with E-state index in [1.807, 2.05) is 0 Å². The number of hydrogen-bond acceptors (Lipinski definition) is 3. The number of carbonyl (C=O) groups is 1. The van der Waals surface area contributed by atoms with Crippen LogP contribution in [0.1, 0.15) is 53.7 Å². The van der Waals surface area contributed by atoms with Crippen molar-refractivity contribution in [2.75, 3.05) is 18.4 Å². The highest BCUT2D eigenvalue weighted by Gasteiger charge is 2.47. The van der Waals surface area contributed by atoms with E-state index < -0.39 is 18.3 Å². The molecule has 1 aromatic carbocycles. The second kappa shape index (κ2) is 7.42. The maximum Gasteiger partial charge on any atom is 0.410 e. The summed E-state index contributed by atoms with van der Waals surface area (Å²) in [5, 5.41) is 7.08. The zero-order valence-corrected chi connectivity index (χ0v) is 16.6. The first-order valence-corrected chi connectivity index (χ1v) is 10.1. The van der Waals surface area contributed by atoms with Crippen molar-refractivity contribution in [2.45, 2.75) is 43.9 Å². The van der Waals surface area contributed by atoms with E-state index in [4.69, 9.17) is 0 Å². The Morgan fingerprint density at radius 2 is 1.82 bits per heavy atom. The van der Waals surface area contributed by atoms with Crippen molar-refractivity contribution in [2.24, 2.45) is 0 Å². The number of nitrogens with one attached hydrogen (secondary N) is 1. The molecule has 2 aliphatic rings. The SMILES string of the molecule is O=C(c1cnn2c1N[C@H](c1ccc(Br)cc1)C[C@@H]2C(F)(F)F)N1CCCCC1. The minimum Gasteiger partial charge on any atom is -0.363 e. The molecule has 9 heteroatoms. The first-order valence-electron chi connectivity index (χ1n) is 9.30. The molecule has 0 saturated carbocycles. The van der Waals surface area contributed by atoms with E-state index in [1.54, 1.807) is 29.2 Å². The van der Waals surface area contributed by atoms with Gasteiger partial charge in [0.15, 0.2) is 6.04 Å². The zero-order valence-electron chi connectivity index (χ0n) is 15.0. The van der Waals surface area contributed by atoms with Crippen molar-refractivity contribution in [1.29, 1.82) is 0 Å². The van der Waals surface area contributed by atoms with Gasteiger partial charge in [-0.05, 0) is 37.0 Å². The van der Waals surface area contributed by atoms with Crippen molar-refractivity contribution in [3.05, 3.63) is 46.1 Å². The van der Waals surface area contributed by atoms with Crippen LogP contribution in [0.5, 0.6) is 0 Å². The predicted octanol–water partition coefficient (Wildman–Crippen LogP) is 4.93. The molecular formula is C19H20BrF3N4O. The van der Waals surface area contributed by atoms with E-state index in [2.05, 4.69) is 26.3 Å². The van der Waals surface area contributed by atoms with Gasteiger partial charge in [-0.3, -0.25) is 4.79 Å². The molecular weight excluding hydrogens is 437 g/mol. The summed E-state index contributed by atoms with van der Waals surface area (Å²) in [7, 11) is 0. The molecule has 2 aliphatic heterocycles. The average molecular weight is 457 g/mol. The standard InChI is InChI=1S/C19H20BrF3N4O/c20-13-6-4-12(5-7-13)15-10-16(19(21,22)23)27-17(25-15)14(11-24-27)18(28)26-8-2-1-3-9-26/h4-7,11,15-16,25H,1-3,8-10H2/t15-,16+/m0/s1. The number of likely N-dealkylation sites (tertiary alicyclic amines) is 1. The maximum absolute atomic E-state index is 13.7. The van der Waals surface area contributed by atoms with Gasteiger partial charge in [0.05, 0.1) is 12.2 Å². The van der Waals surface area contributed by atoms with Crippen LogP contribution >= 0.6 is 15.9 Å².